The van der Waals surface area contributed by atoms with E-state index in [1.54, 1.807) is 18.2 Å². The number of benzene rings is 1. The summed E-state index contributed by atoms with van der Waals surface area (Å²) >= 11 is 0. The largest absolute Gasteiger partial charge is 0.507 e. The average molecular weight is 236 g/mol. The Labute approximate surface area is 98.0 Å². The smallest absolute Gasteiger partial charge is 0.334 e. The summed E-state index contributed by atoms with van der Waals surface area (Å²) in [6.07, 6.45) is 0.844. The Morgan fingerprint density at radius 1 is 1.35 bits per heavy atom. The van der Waals surface area contributed by atoms with Gasteiger partial charge in [-0.1, -0.05) is 18.2 Å². The van der Waals surface area contributed by atoms with Gasteiger partial charge in [-0.3, -0.25) is 4.79 Å². The molecule has 0 spiro atoms. The van der Waals surface area contributed by atoms with Gasteiger partial charge in [0.05, 0.1) is 13.5 Å². The zero-order valence-electron chi connectivity index (χ0n) is 9.21. The number of carboxylic acids is 1. The summed E-state index contributed by atoms with van der Waals surface area (Å²) in [5, 5.41) is 18.2. The number of methoxy groups -OCH3 is 1. The molecule has 2 N–H and O–H groups in total. The van der Waals surface area contributed by atoms with Crippen LogP contribution in [0.3, 0.4) is 0 Å². The van der Waals surface area contributed by atoms with Crippen molar-refractivity contribution in [1.29, 1.82) is 0 Å². The number of para-hydroxylation sites is 1. The third-order valence-corrected chi connectivity index (χ3v) is 2.06. The number of aliphatic carboxylic acids is 1. The van der Waals surface area contributed by atoms with E-state index >= 15 is 0 Å². The maximum atomic E-state index is 11.3. The summed E-state index contributed by atoms with van der Waals surface area (Å²) in [5.41, 5.74) is 0.343. The maximum absolute atomic E-state index is 11.3. The van der Waals surface area contributed by atoms with Gasteiger partial charge in [-0.05, 0) is 12.1 Å². The second-order valence-corrected chi connectivity index (χ2v) is 3.29. The van der Waals surface area contributed by atoms with Crippen molar-refractivity contribution in [3.8, 4) is 5.75 Å². The van der Waals surface area contributed by atoms with E-state index in [9.17, 15) is 14.7 Å². The Morgan fingerprint density at radius 3 is 2.53 bits per heavy atom. The Kier molecular flexibility index (Phi) is 4.28. The highest BCUT2D eigenvalue weighted by atomic mass is 16.5. The van der Waals surface area contributed by atoms with Gasteiger partial charge in [0.25, 0.3) is 0 Å². The average Bonchev–Trinajstić information content (AvgIpc) is 2.29. The van der Waals surface area contributed by atoms with Gasteiger partial charge in [-0.2, -0.15) is 0 Å². The summed E-state index contributed by atoms with van der Waals surface area (Å²) in [6, 6.07) is 6.31. The summed E-state index contributed by atoms with van der Waals surface area (Å²) < 4.78 is 4.47. The number of hydrogen-bond acceptors (Lipinski definition) is 4. The summed E-state index contributed by atoms with van der Waals surface area (Å²) in [4.78, 5) is 21.9. The van der Waals surface area contributed by atoms with Crippen molar-refractivity contribution < 1.29 is 24.5 Å². The highest BCUT2D eigenvalue weighted by Crippen LogP contribution is 2.20. The van der Waals surface area contributed by atoms with Gasteiger partial charge in [0, 0.05) is 11.1 Å². The molecule has 1 rings (SSSR count). The normalized spacial score (nSPS) is 11.0. The molecule has 0 aromatic heterocycles. The van der Waals surface area contributed by atoms with E-state index in [-0.39, 0.29) is 11.3 Å². The first kappa shape index (κ1) is 12.8. The maximum Gasteiger partial charge on any atom is 0.334 e. The Balaban J connectivity index is 3.09. The van der Waals surface area contributed by atoms with Gasteiger partial charge in [0.1, 0.15) is 5.75 Å². The van der Waals surface area contributed by atoms with Crippen LogP contribution < -0.4 is 0 Å². The van der Waals surface area contributed by atoms with E-state index in [1.807, 2.05) is 0 Å². The lowest BCUT2D eigenvalue weighted by Gasteiger charge is -2.04. The first-order valence-corrected chi connectivity index (χ1v) is 4.83. The first-order chi connectivity index (χ1) is 8.04. The van der Waals surface area contributed by atoms with Crippen molar-refractivity contribution >= 4 is 18.0 Å². The van der Waals surface area contributed by atoms with Crippen LogP contribution in [0.4, 0.5) is 0 Å². The zero-order chi connectivity index (χ0) is 12.8. The molecule has 17 heavy (non-hydrogen) atoms. The standard InChI is InChI=1S/C12H12O5/c1-17-12(16)9(7-11(14)15)6-8-4-2-3-5-10(8)13/h2-6,13H,7H2,1H3,(H,14,15). The fourth-order valence-corrected chi connectivity index (χ4v) is 1.27. The molecule has 0 aliphatic carbocycles. The molecular weight excluding hydrogens is 224 g/mol. The van der Waals surface area contributed by atoms with Crippen LogP contribution in [0.1, 0.15) is 12.0 Å². The molecule has 1 aromatic rings. The fourth-order valence-electron chi connectivity index (χ4n) is 1.27. The lowest BCUT2D eigenvalue weighted by atomic mass is 10.1. The topological polar surface area (TPSA) is 83.8 Å². The lowest BCUT2D eigenvalue weighted by Crippen LogP contribution is -2.09. The number of phenolic OH excluding ortho intramolecular Hbond substituents is 1. The van der Waals surface area contributed by atoms with E-state index in [0.29, 0.717) is 5.56 Å². The third-order valence-electron chi connectivity index (χ3n) is 2.06. The Bertz CT molecular complexity index is 462. The molecule has 0 aliphatic rings. The molecule has 0 fully saturated rings. The number of aromatic hydroxyl groups is 1. The minimum Gasteiger partial charge on any atom is -0.507 e. The van der Waals surface area contributed by atoms with Crippen molar-refractivity contribution in [3.63, 3.8) is 0 Å². The van der Waals surface area contributed by atoms with Gasteiger partial charge in [0.15, 0.2) is 0 Å². The van der Waals surface area contributed by atoms with Gasteiger partial charge >= 0.3 is 11.9 Å². The molecule has 0 saturated carbocycles. The van der Waals surface area contributed by atoms with Crippen molar-refractivity contribution in [3.05, 3.63) is 35.4 Å². The van der Waals surface area contributed by atoms with E-state index < -0.39 is 18.4 Å². The number of esters is 1. The first-order valence-electron chi connectivity index (χ1n) is 4.83. The molecule has 1 aromatic carbocycles. The number of phenols is 1. The van der Waals surface area contributed by atoms with Crippen LogP contribution in [-0.4, -0.2) is 29.3 Å². The highest BCUT2D eigenvalue weighted by molar-refractivity contribution is 5.98. The van der Waals surface area contributed by atoms with Crippen molar-refractivity contribution in [2.24, 2.45) is 0 Å². The van der Waals surface area contributed by atoms with Crippen LogP contribution in [0.5, 0.6) is 5.75 Å². The monoisotopic (exact) mass is 236 g/mol. The number of carboxylic acid groups (broad SMARTS) is 1. The second kappa shape index (κ2) is 5.69. The molecule has 0 bridgehead atoms. The molecule has 0 saturated heterocycles. The number of rotatable bonds is 4. The van der Waals surface area contributed by atoms with Gasteiger partial charge < -0.3 is 14.9 Å². The Morgan fingerprint density at radius 2 is 2.00 bits per heavy atom. The summed E-state index contributed by atoms with van der Waals surface area (Å²) in [6.45, 7) is 0. The van der Waals surface area contributed by atoms with Crippen LogP contribution in [0.2, 0.25) is 0 Å². The van der Waals surface area contributed by atoms with Crippen LogP contribution in [-0.2, 0) is 14.3 Å². The number of carbonyl (C=O) groups excluding carboxylic acids is 1. The van der Waals surface area contributed by atoms with E-state index in [2.05, 4.69) is 4.74 Å². The Hall–Kier alpha value is -2.30. The summed E-state index contributed by atoms with van der Waals surface area (Å²) in [5.74, 6) is -1.90. The van der Waals surface area contributed by atoms with E-state index in [1.165, 1.54) is 19.3 Å². The number of ether oxygens (including phenoxy) is 1. The van der Waals surface area contributed by atoms with E-state index in [4.69, 9.17) is 5.11 Å². The van der Waals surface area contributed by atoms with Gasteiger partial charge in [-0.25, -0.2) is 4.79 Å². The third kappa shape index (κ3) is 3.64. The second-order valence-electron chi connectivity index (χ2n) is 3.29. The minimum atomic E-state index is -1.14. The van der Waals surface area contributed by atoms with Crippen molar-refractivity contribution in [1.82, 2.24) is 0 Å². The molecule has 0 heterocycles. The van der Waals surface area contributed by atoms with Crippen LogP contribution in [0.25, 0.3) is 6.08 Å². The van der Waals surface area contributed by atoms with Crippen LogP contribution >= 0.6 is 0 Å². The fraction of sp³-hybridized carbons (Fsp3) is 0.167. The highest BCUT2D eigenvalue weighted by Gasteiger charge is 2.14. The zero-order valence-corrected chi connectivity index (χ0v) is 9.21. The molecule has 5 nitrogen and oxygen atoms in total. The van der Waals surface area contributed by atoms with Crippen molar-refractivity contribution in [2.45, 2.75) is 6.42 Å². The molecular formula is C12H12O5. The van der Waals surface area contributed by atoms with Crippen LogP contribution in [0.15, 0.2) is 29.8 Å². The summed E-state index contributed by atoms with van der Waals surface area (Å²) in [7, 11) is 1.17. The quantitative estimate of drug-likeness (QED) is 0.610. The van der Waals surface area contributed by atoms with Gasteiger partial charge in [0.2, 0.25) is 0 Å². The molecule has 0 unspecified atom stereocenters. The van der Waals surface area contributed by atoms with Crippen LogP contribution in [0, 0.1) is 0 Å². The molecule has 5 heteroatoms. The van der Waals surface area contributed by atoms with Gasteiger partial charge in [-0.15, -0.1) is 0 Å². The number of hydrogen-bond donors (Lipinski definition) is 2. The predicted molar refractivity (Wildman–Crippen MR) is 60.4 cm³/mol. The minimum absolute atomic E-state index is 0.0264. The van der Waals surface area contributed by atoms with Crippen molar-refractivity contribution in [2.75, 3.05) is 7.11 Å². The van der Waals surface area contributed by atoms with E-state index in [0.717, 1.165) is 0 Å². The lowest BCUT2D eigenvalue weighted by molar-refractivity contribution is -0.141. The molecule has 90 valence electrons. The molecule has 0 aliphatic heterocycles. The molecule has 0 atom stereocenters. The predicted octanol–water partition coefficient (Wildman–Crippen LogP) is 1.42. The number of carbonyl (C=O) groups is 2. The molecule has 0 amide bonds. The SMILES string of the molecule is COC(=O)C(=Cc1ccccc1O)CC(=O)O. The molecule has 0 radical (unpaired) electrons.